The third-order valence-electron chi connectivity index (χ3n) is 7.58. The van der Waals surface area contributed by atoms with E-state index in [-0.39, 0.29) is 11.7 Å². The summed E-state index contributed by atoms with van der Waals surface area (Å²) in [4.78, 5) is 32.3. The van der Waals surface area contributed by atoms with E-state index in [2.05, 4.69) is 11.9 Å². The van der Waals surface area contributed by atoms with Crippen molar-refractivity contribution in [1.82, 2.24) is 4.90 Å². The van der Waals surface area contributed by atoms with Crippen molar-refractivity contribution in [2.24, 2.45) is 5.92 Å². The second-order valence-electron chi connectivity index (χ2n) is 10.7. The van der Waals surface area contributed by atoms with Crippen LogP contribution in [0.2, 0.25) is 5.02 Å². The summed E-state index contributed by atoms with van der Waals surface area (Å²) in [6.45, 7) is 2.85. The Morgan fingerprint density at radius 2 is 1.87 bits per heavy atom. The number of halogens is 1. The highest BCUT2D eigenvalue weighted by Crippen LogP contribution is 2.42. The molecule has 0 N–H and O–H groups in total. The van der Waals surface area contributed by atoms with Crippen LogP contribution in [0.25, 0.3) is 6.08 Å². The maximum Gasteiger partial charge on any atom is 0.265 e. The number of carbonyl (C=O) groups is 2. The summed E-state index contributed by atoms with van der Waals surface area (Å²) in [5, 5.41) is 0.655. The molecule has 3 aromatic rings. The fraction of sp³-hybridized carbons (Fsp3) is 0.333. The summed E-state index contributed by atoms with van der Waals surface area (Å²) >= 11 is 7.69. The van der Waals surface area contributed by atoms with E-state index >= 15 is 0 Å². The zero-order chi connectivity index (χ0) is 27.2. The van der Waals surface area contributed by atoms with Crippen molar-refractivity contribution in [3.63, 3.8) is 0 Å². The molecule has 0 aromatic heterocycles. The Kier molecular flexibility index (Phi) is 9.23. The topological polar surface area (TPSA) is 40.6 Å². The molecule has 1 amide bonds. The highest BCUT2D eigenvalue weighted by molar-refractivity contribution is 8.04. The number of benzene rings is 3. The van der Waals surface area contributed by atoms with Crippen LogP contribution >= 0.6 is 23.4 Å². The number of carbonyl (C=O) groups excluding carboxylic acids is 2. The normalized spacial score (nSPS) is 18.8. The Morgan fingerprint density at radius 3 is 2.67 bits per heavy atom. The molecule has 0 bridgehead atoms. The standard InChI is InChI=1S/C33H35ClN2O2S/c1-35-19-7-10-25(22-35)8-2-4-13-30(37)27-17-15-24(16-18-27)21-32-33(38)36(23-26-9-6-11-28(34)20-26)29-12-3-5-14-31(29)39-32/h3,5-6,9,11-12,14-18,20-21,25H,2,4,7-8,10,13,19,22-23H2,1H3/b32-21+. The van der Waals surface area contributed by atoms with Crippen LogP contribution < -0.4 is 4.90 Å². The van der Waals surface area contributed by atoms with Gasteiger partial charge >= 0.3 is 0 Å². The van der Waals surface area contributed by atoms with Gasteiger partial charge in [-0.2, -0.15) is 0 Å². The highest BCUT2D eigenvalue weighted by Gasteiger charge is 2.29. The molecule has 1 saturated heterocycles. The van der Waals surface area contributed by atoms with E-state index in [1.54, 1.807) is 0 Å². The van der Waals surface area contributed by atoms with Crippen molar-refractivity contribution in [3.05, 3.63) is 99.4 Å². The molecule has 202 valence electrons. The van der Waals surface area contributed by atoms with Gasteiger partial charge in [-0.15, -0.1) is 0 Å². The van der Waals surface area contributed by atoms with E-state index in [0.29, 0.717) is 22.9 Å². The molecule has 0 saturated carbocycles. The lowest BCUT2D eigenvalue weighted by Crippen LogP contribution is -2.33. The molecule has 6 heteroatoms. The number of para-hydroxylation sites is 1. The predicted octanol–water partition coefficient (Wildman–Crippen LogP) is 8.10. The number of Topliss-reactive ketones (excluding diaryl/α,β-unsaturated/α-hetero) is 1. The maximum atomic E-state index is 13.6. The molecule has 39 heavy (non-hydrogen) atoms. The van der Waals surface area contributed by atoms with Crippen LogP contribution in [0.4, 0.5) is 5.69 Å². The van der Waals surface area contributed by atoms with Gasteiger partial charge in [0.05, 0.1) is 17.1 Å². The summed E-state index contributed by atoms with van der Waals surface area (Å²) in [6, 6.07) is 23.2. The smallest absolute Gasteiger partial charge is 0.265 e. The lowest BCUT2D eigenvalue weighted by molar-refractivity contribution is -0.114. The molecule has 2 heterocycles. The van der Waals surface area contributed by atoms with E-state index in [1.807, 2.05) is 83.8 Å². The van der Waals surface area contributed by atoms with Gasteiger partial charge in [-0.25, -0.2) is 0 Å². The van der Waals surface area contributed by atoms with Crippen molar-refractivity contribution in [2.75, 3.05) is 25.0 Å². The van der Waals surface area contributed by atoms with Crippen LogP contribution in [0.15, 0.2) is 82.6 Å². The van der Waals surface area contributed by atoms with Crippen LogP contribution in [0.1, 0.15) is 60.0 Å². The predicted molar refractivity (Wildman–Crippen MR) is 162 cm³/mol. The first-order valence-corrected chi connectivity index (χ1v) is 15.0. The molecule has 5 rings (SSSR count). The van der Waals surface area contributed by atoms with Crippen LogP contribution in [0.3, 0.4) is 0 Å². The Labute approximate surface area is 241 Å². The monoisotopic (exact) mass is 558 g/mol. The minimum Gasteiger partial charge on any atom is -0.306 e. The molecule has 2 aliphatic rings. The van der Waals surface area contributed by atoms with Gasteiger partial charge in [0.1, 0.15) is 0 Å². The lowest BCUT2D eigenvalue weighted by atomic mass is 9.92. The minimum atomic E-state index is -0.0389. The van der Waals surface area contributed by atoms with Gasteiger partial charge in [-0.1, -0.05) is 78.3 Å². The molecule has 0 spiro atoms. The molecule has 4 nitrogen and oxygen atoms in total. The second kappa shape index (κ2) is 13.0. The summed E-state index contributed by atoms with van der Waals surface area (Å²) < 4.78 is 0. The molecule has 2 aliphatic heterocycles. The highest BCUT2D eigenvalue weighted by atomic mass is 35.5. The largest absolute Gasteiger partial charge is 0.306 e. The van der Waals surface area contributed by atoms with Gasteiger partial charge in [0.2, 0.25) is 0 Å². The van der Waals surface area contributed by atoms with E-state index in [0.717, 1.165) is 46.0 Å². The number of rotatable bonds is 9. The van der Waals surface area contributed by atoms with Crippen molar-refractivity contribution >= 4 is 46.8 Å². The summed E-state index contributed by atoms with van der Waals surface area (Å²) in [5.41, 5.74) is 3.53. The Hall–Kier alpha value is -2.86. The number of nitrogens with zero attached hydrogens (tertiary/aromatic N) is 2. The molecular formula is C33H35ClN2O2S. The van der Waals surface area contributed by atoms with E-state index in [9.17, 15) is 9.59 Å². The minimum absolute atomic E-state index is 0.0389. The Morgan fingerprint density at radius 1 is 1.05 bits per heavy atom. The third-order valence-corrected chi connectivity index (χ3v) is 8.89. The van der Waals surface area contributed by atoms with Crippen molar-refractivity contribution in [1.29, 1.82) is 0 Å². The number of piperidine rings is 1. The van der Waals surface area contributed by atoms with Crippen molar-refractivity contribution in [3.8, 4) is 0 Å². The fourth-order valence-corrected chi connectivity index (χ4v) is 6.80. The summed E-state index contributed by atoms with van der Waals surface area (Å²) in [7, 11) is 2.20. The molecule has 1 fully saturated rings. The number of likely N-dealkylation sites (tertiary alicyclic amines) is 1. The number of hydrogen-bond acceptors (Lipinski definition) is 4. The number of hydrogen-bond donors (Lipinski definition) is 0. The fourth-order valence-electron chi connectivity index (χ4n) is 5.53. The molecule has 0 radical (unpaired) electrons. The van der Waals surface area contributed by atoms with E-state index in [1.165, 1.54) is 44.1 Å². The van der Waals surface area contributed by atoms with E-state index < -0.39 is 0 Å². The number of amides is 1. The third kappa shape index (κ3) is 7.21. The average molecular weight is 559 g/mol. The van der Waals surface area contributed by atoms with Gasteiger partial charge in [0.15, 0.2) is 5.78 Å². The van der Waals surface area contributed by atoms with Gasteiger partial charge in [-0.05, 0) is 86.7 Å². The molecule has 0 aliphatic carbocycles. The second-order valence-corrected chi connectivity index (χ2v) is 12.2. The first-order valence-electron chi connectivity index (χ1n) is 13.8. The molecule has 3 aromatic carbocycles. The zero-order valence-corrected chi connectivity index (χ0v) is 24.0. The van der Waals surface area contributed by atoms with Crippen LogP contribution in [-0.2, 0) is 11.3 Å². The summed E-state index contributed by atoms with van der Waals surface area (Å²) in [5.74, 6) is 0.933. The number of anilines is 1. The Balaban J connectivity index is 1.22. The average Bonchev–Trinajstić information content (AvgIpc) is 2.94. The van der Waals surface area contributed by atoms with Gasteiger partial charge in [-0.3, -0.25) is 9.59 Å². The lowest BCUT2D eigenvalue weighted by Gasteiger charge is -2.30. The molecular weight excluding hydrogens is 524 g/mol. The number of fused-ring (bicyclic) bond motifs is 1. The molecule has 1 unspecified atom stereocenters. The summed E-state index contributed by atoms with van der Waals surface area (Å²) in [6.07, 6.45) is 8.39. The number of thioether (sulfide) groups is 1. The van der Waals surface area contributed by atoms with Crippen LogP contribution in [0.5, 0.6) is 0 Å². The number of ketones is 1. The zero-order valence-electron chi connectivity index (χ0n) is 22.4. The van der Waals surface area contributed by atoms with Crippen molar-refractivity contribution < 1.29 is 9.59 Å². The Bertz CT molecular complexity index is 1350. The quantitative estimate of drug-likeness (QED) is 0.151. The van der Waals surface area contributed by atoms with E-state index in [4.69, 9.17) is 11.6 Å². The number of unbranched alkanes of at least 4 members (excludes halogenated alkanes) is 1. The SMILES string of the molecule is CN1CCCC(CCCCC(=O)c2ccc(/C=C3/Sc4ccccc4N(Cc4cccc(Cl)c4)C3=O)cc2)C1. The first-order chi connectivity index (χ1) is 19.0. The van der Waals surface area contributed by atoms with Gasteiger partial charge in [0, 0.05) is 28.4 Å². The maximum absolute atomic E-state index is 13.6. The first kappa shape index (κ1) is 27.7. The van der Waals surface area contributed by atoms with Gasteiger partial charge in [0.25, 0.3) is 5.91 Å². The van der Waals surface area contributed by atoms with Crippen molar-refractivity contribution in [2.45, 2.75) is 50.0 Å². The molecule has 1 atom stereocenters. The van der Waals surface area contributed by atoms with Gasteiger partial charge < -0.3 is 9.80 Å². The van der Waals surface area contributed by atoms with Crippen LogP contribution in [-0.4, -0.2) is 36.7 Å². The van der Waals surface area contributed by atoms with Crippen LogP contribution in [0, 0.1) is 5.92 Å².